The van der Waals surface area contributed by atoms with Crippen molar-refractivity contribution in [3.05, 3.63) is 34.6 Å². The molecule has 0 bridgehead atoms. The Morgan fingerprint density at radius 3 is 2.38 bits per heavy atom. The summed E-state index contributed by atoms with van der Waals surface area (Å²) in [5.41, 5.74) is 4.71. The van der Waals surface area contributed by atoms with Crippen LogP contribution in [0.15, 0.2) is 17.1 Å². The minimum Gasteiger partial charge on any atom is -0.351 e. The summed E-state index contributed by atoms with van der Waals surface area (Å²) in [6.07, 6.45) is 0. The fourth-order valence-electron chi connectivity index (χ4n) is 1.52. The summed E-state index contributed by atoms with van der Waals surface area (Å²) >= 11 is 0. The van der Waals surface area contributed by atoms with Crippen LogP contribution in [0, 0.1) is 19.7 Å². The summed E-state index contributed by atoms with van der Waals surface area (Å²) in [5.74, 6) is 5.58. The maximum Gasteiger partial charge on any atom is 0.205 e. The lowest BCUT2D eigenvalue weighted by molar-refractivity contribution is 0.608. The number of halogens is 1. The first kappa shape index (κ1) is 12.4. The molecule has 0 fully saturated rings. The minimum atomic E-state index is -0.148. The highest BCUT2D eigenvalue weighted by atomic mass is 19.1. The van der Waals surface area contributed by atoms with Gasteiger partial charge >= 0.3 is 0 Å². The van der Waals surface area contributed by atoms with E-state index in [1.807, 2.05) is 0 Å². The van der Waals surface area contributed by atoms with Gasteiger partial charge in [0.25, 0.3) is 0 Å². The number of benzene rings is 1. The van der Waals surface area contributed by atoms with Crippen LogP contribution in [0.2, 0.25) is 0 Å². The van der Waals surface area contributed by atoms with Crippen LogP contribution in [0.4, 0.5) is 4.39 Å². The fraction of sp³-hybridized carbons (Fsp3) is 0.364. The molecule has 0 saturated heterocycles. The normalized spacial score (nSPS) is 11.4. The van der Waals surface area contributed by atoms with Gasteiger partial charge in [-0.15, -0.1) is 0 Å². The molecular weight excluding hydrogens is 207 g/mol. The van der Waals surface area contributed by atoms with Crippen LogP contribution in [-0.4, -0.2) is 13.0 Å². The molecule has 4 N–H and O–H groups in total. The van der Waals surface area contributed by atoms with E-state index in [9.17, 15) is 4.39 Å². The number of aryl methyl sites for hydroxylation is 2. The third-order valence-electron chi connectivity index (χ3n) is 2.32. The molecule has 0 unspecified atom stereocenters. The maximum atomic E-state index is 13.4. The lowest BCUT2D eigenvalue weighted by atomic mass is 10.1. The second-order valence-corrected chi connectivity index (χ2v) is 3.61. The van der Waals surface area contributed by atoms with E-state index < -0.39 is 0 Å². The van der Waals surface area contributed by atoms with Crippen molar-refractivity contribution in [1.29, 1.82) is 0 Å². The van der Waals surface area contributed by atoms with Gasteiger partial charge in [-0.1, -0.05) is 12.1 Å². The van der Waals surface area contributed by atoms with E-state index in [4.69, 9.17) is 5.84 Å². The van der Waals surface area contributed by atoms with Crippen molar-refractivity contribution < 1.29 is 4.39 Å². The van der Waals surface area contributed by atoms with Crippen LogP contribution in [0.3, 0.4) is 0 Å². The van der Waals surface area contributed by atoms with Gasteiger partial charge in [-0.2, -0.15) is 0 Å². The van der Waals surface area contributed by atoms with Gasteiger partial charge in [-0.25, -0.2) is 10.2 Å². The molecule has 1 aromatic rings. The van der Waals surface area contributed by atoms with Gasteiger partial charge in [-0.3, -0.25) is 10.4 Å². The van der Waals surface area contributed by atoms with Crippen molar-refractivity contribution in [2.45, 2.75) is 20.4 Å². The zero-order valence-corrected chi connectivity index (χ0v) is 9.76. The predicted molar refractivity (Wildman–Crippen MR) is 63.4 cm³/mol. The SMILES string of the molecule is CN=C(NN)NCc1cc(C)c(F)c(C)c1. The van der Waals surface area contributed by atoms with E-state index in [-0.39, 0.29) is 5.82 Å². The Balaban J connectivity index is 2.76. The molecule has 0 aliphatic heterocycles. The first-order valence-corrected chi connectivity index (χ1v) is 5.01. The molecule has 0 aliphatic carbocycles. The van der Waals surface area contributed by atoms with Crippen molar-refractivity contribution in [2.24, 2.45) is 10.8 Å². The van der Waals surface area contributed by atoms with Crippen molar-refractivity contribution in [1.82, 2.24) is 10.7 Å². The zero-order chi connectivity index (χ0) is 12.1. The average molecular weight is 224 g/mol. The maximum absolute atomic E-state index is 13.4. The Labute approximate surface area is 94.7 Å². The van der Waals surface area contributed by atoms with Crippen LogP contribution in [-0.2, 0) is 6.54 Å². The van der Waals surface area contributed by atoms with Gasteiger partial charge in [0.2, 0.25) is 5.96 Å². The molecule has 5 heteroatoms. The van der Waals surface area contributed by atoms with Crippen LogP contribution in [0.25, 0.3) is 0 Å². The van der Waals surface area contributed by atoms with E-state index >= 15 is 0 Å². The molecule has 0 heterocycles. The Morgan fingerprint density at radius 2 is 1.94 bits per heavy atom. The highest BCUT2D eigenvalue weighted by Crippen LogP contribution is 2.14. The Bertz CT molecular complexity index is 378. The molecule has 1 rings (SSSR count). The average Bonchev–Trinajstić information content (AvgIpc) is 2.27. The first-order chi connectivity index (χ1) is 7.58. The molecule has 16 heavy (non-hydrogen) atoms. The standard InChI is InChI=1S/C11H17FN4/c1-7-4-9(5-8(2)10(7)12)6-15-11(14-3)16-13/h4-5H,6,13H2,1-3H3,(H2,14,15,16). The second-order valence-electron chi connectivity index (χ2n) is 3.61. The fourth-order valence-corrected chi connectivity index (χ4v) is 1.52. The molecular formula is C11H17FN4. The lowest BCUT2D eigenvalue weighted by Gasteiger charge is -2.10. The van der Waals surface area contributed by atoms with Gasteiger partial charge in [0.1, 0.15) is 5.82 Å². The smallest absolute Gasteiger partial charge is 0.205 e. The monoisotopic (exact) mass is 224 g/mol. The molecule has 0 amide bonds. The summed E-state index contributed by atoms with van der Waals surface area (Å²) in [4.78, 5) is 3.88. The highest BCUT2D eigenvalue weighted by molar-refractivity contribution is 5.78. The van der Waals surface area contributed by atoms with Gasteiger partial charge in [0.05, 0.1) is 0 Å². The number of nitrogens with one attached hydrogen (secondary N) is 2. The van der Waals surface area contributed by atoms with Crippen molar-refractivity contribution in [2.75, 3.05) is 7.05 Å². The Morgan fingerprint density at radius 1 is 1.38 bits per heavy atom. The first-order valence-electron chi connectivity index (χ1n) is 5.01. The predicted octanol–water partition coefficient (Wildman–Crippen LogP) is 0.981. The molecule has 88 valence electrons. The number of nitrogens with two attached hydrogens (primary N) is 1. The zero-order valence-electron chi connectivity index (χ0n) is 9.76. The van der Waals surface area contributed by atoms with Crippen molar-refractivity contribution >= 4 is 5.96 Å². The van der Waals surface area contributed by atoms with E-state index in [1.54, 1.807) is 33.0 Å². The van der Waals surface area contributed by atoms with Crippen LogP contribution in [0.5, 0.6) is 0 Å². The lowest BCUT2D eigenvalue weighted by Crippen LogP contribution is -2.41. The topological polar surface area (TPSA) is 62.4 Å². The molecule has 0 saturated carbocycles. The minimum absolute atomic E-state index is 0.148. The molecule has 0 spiro atoms. The molecule has 0 aromatic heterocycles. The third-order valence-corrected chi connectivity index (χ3v) is 2.32. The number of rotatable bonds is 2. The number of hydrazine groups is 1. The van der Waals surface area contributed by atoms with Crippen LogP contribution in [0.1, 0.15) is 16.7 Å². The van der Waals surface area contributed by atoms with E-state index in [1.165, 1.54) is 0 Å². The van der Waals surface area contributed by atoms with Crippen LogP contribution >= 0.6 is 0 Å². The van der Waals surface area contributed by atoms with Crippen LogP contribution < -0.4 is 16.6 Å². The van der Waals surface area contributed by atoms with Crippen molar-refractivity contribution in [3.8, 4) is 0 Å². The summed E-state index contributed by atoms with van der Waals surface area (Å²) in [6.45, 7) is 4.06. The van der Waals surface area contributed by atoms with E-state index in [2.05, 4.69) is 15.7 Å². The van der Waals surface area contributed by atoms with Gasteiger partial charge in [0.15, 0.2) is 0 Å². The second kappa shape index (κ2) is 5.46. The molecule has 0 atom stereocenters. The molecule has 1 aromatic carbocycles. The molecule has 0 radical (unpaired) electrons. The highest BCUT2D eigenvalue weighted by Gasteiger charge is 2.04. The molecule has 0 aliphatic rings. The Hall–Kier alpha value is -1.62. The summed E-state index contributed by atoms with van der Waals surface area (Å²) in [7, 11) is 1.63. The third kappa shape index (κ3) is 2.93. The molecule has 4 nitrogen and oxygen atoms in total. The van der Waals surface area contributed by atoms with Gasteiger partial charge in [-0.05, 0) is 30.5 Å². The number of guanidine groups is 1. The Kier molecular flexibility index (Phi) is 4.25. The van der Waals surface area contributed by atoms with Gasteiger partial charge < -0.3 is 5.32 Å². The van der Waals surface area contributed by atoms with E-state index in [0.29, 0.717) is 23.6 Å². The number of hydrogen-bond donors (Lipinski definition) is 3. The van der Waals surface area contributed by atoms with E-state index in [0.717, 1.165) is 5.56 Å². The quantitative estimate of drug-likeness (QED) is 0.304. The van der Waals surface area contributed by atoms with Crippen molar-refractivity contribution in [3.63, 3.8) is 0 Å². The summed E-state index contributed by atoms with van der Waals surface area (Å²) in [5, 5.41) is 3.00. The summed E-state index contributed by atoms with van der Waals surface area (Å²) in [6, 6.07) is 3.61. The number of aliphatic imine (C=N–C) groups is 1. The number of nitrogens with zero attached hydrogens (tertiary/aromatic N) is 1. The largest absolute Gasteiger partial charge is 0.351 e. The summed E-state index contributed by atoms with van der Waals surface area (Å²) < 4.78 is 13.4. The number of hydrogen-bond acceptors (Lipinski definition) is 2. The van der Waals surface area contributed by atoms with Gasteiger partial charge in [0, 0.05) is 13.6 Å².